The zero-order chi connectivity index (χ0) is 24.3. The molecule has 4 rings (SSSR count). The number of rotatable bonds is 8. The highest BCUT2D eigenvalue weighted by Crippen LogP contribution is 2.23. The van der Waals surface area contributed by atoms with Gasteiger partial charge in [0.1, 0.15) is 12.1 Å². The minimum Gasteiger partial charge on any atom is -0.350 e. The molecule has 1 saturated heterocycles. The van der Waals surface area contributed by atoms with Crippen LogP contribution in [-0.2, 0) is 22.6 Å². The van der Waals surface area contributed by atoms with Gasteiger partial charge in [-0.25, -0.2) is 9.48 Å². The molecule has 1 aliphatic rings. The average Bonchev–Trinajstić information content (AvgIpc) is 3.24. The van der Waals surface area contributed by atoms with E-state index in [0.717, 1.165) is 33.1 Å². The van der Waals surface area contributed by atoms with Crippen molar-refractivity contribution in [1.29, 1.82) is 0 Å². The lowest BCUT2D eigenvalue weighted by Gasteiger charge is -2.21. The van der Waals surface area contributed by atoms with E-state index in [-0.39, 0.29) is 19.0 Å². The Bertz CT molecular complexity index is 1210. The lowest BCUT2D eigenvalue weighted by Crippen LogP contribution is -2.45. The number of aryl methyl sites for hydroxylation is 2. The summed E-state index contributed by atoms with van der Waals surface area (Å²) in [5.41, 5.74) is 3.63. The van der Waals surface area contributed by atoms with E-state index in [1.54, 1.807) is 6.92 Å². The van der Waals surface area contributed by atoms with Crippen LogP contribution in [0.25, 0.3) is 5.69 Å². The van der Waals surface area contributed by atoms with Crippen molar-refractivity contribution in [3.05, 3.63) is 83.2 Å². The number of para-hydroxylation sites is 1. The summed E-state index contributed by atoms with van der Waals surface area (Å²) in [6.07, 6.45) is 1.10. The molecule has 2 N–H and O–H groups in total. The Morgan fingerprint density at radius 1 is 1.03 bits per heavy atom. The highest BCUT2D eigenvalue weighted by Gasteiger charge is 2.47. The fourth-order valence-electron chi connectivity index (χ4n) is 4.24. The van der Waals surface area contributed by atoms with E-state index < -0.39 is 17.5 Å². The van der Waals surface area contributed by atoms with Crippen molar-refractivity contribution < 1.29 is 14.4 Å². The van der Waals surface area contributed by atoms with Crippen LogP contribution in [0, 0.1) is 13.8 Å². The zero-order valence-electron chi connectivity index (χ0n) is 19.7. The molecular weight excluding hydrogens is 430 g/mol. The van der Waals surface area contributed by atoms with Crippen LogP contribution in [0.2, 0.25) is 0 Å². The van der Waals surface area contributed by atoms with Crippen molar-refractivity contribution in [3.63, 3.8) is 0 Å². The Balaban J connectivity index is 1.36. The fraction of sp³-hybridized carbons (Fsp3) is 0.308. The molecule has 0 unspecified atom stereocenters. The maximum atomic E-state index is 13.0. The van der Waals surface area contributed by atoms with Gasteiger partial charge in [0.2, 0.25) is 5.91 Å². The van der Waals surface area contributed by atoms with Gasteiger partial charge in [-0.3, -0.25) is 14.5 Å². The van der Waals surface area contributed by atoms with Crippen molar-refractivity contribution in [1.82, 2.24) is 25.3 Å². The smallest absolute Gasteiger partial charge is 0.325 e. The highest BCUT2D eigenvalue weighted by molar-refractivity contribution is 6.08. The number of amides is 4. The summed E-state index contributed by atoms with van der Waals surface area (Å²) in [6, 6.07) is 19.0. The number of urea groups is 1. The predicted octanol–water partition coefficient (Wildman–Crippen LogP) is 3.05. The maximum absolute atomic E-state index is 13.0. The molecule has 0 spiro atoms. The van der Waals surface area contributed by atoms with Crippen molar-refractivity contribution in [3.8, 4) is 5.69 Å². The number of benzene rings is 2. The minimum atomic E-state index is -1.03. The molecule has 1 aromatic heterocycles. The van der Waals surface area contributed by atoms with E-state index in [1.165, 1.54) is 0 Å². The Kier molecular flexibility index (Phi) is 6.49. The molecule has 34 heavy (non-hydrogen) atoms. The SMILES string of the molecule is Cc1nn(-c2ccccc2)c(C)c1CNC(=O)CN1C(=O)N[C@@](C)(CCc2ccccc2)C1=O. The molecule has 3 aromatic rings. The number of hydrogen-bond acceptors (Lipinski definition) is 4. The topological polar surface area (TPSA) is 96.3 Å². The summed E-state index contributed by atoms with van der Waals surface area (Å²) < 4.78 is 1.84. The summed E-state index contributed by atoms with van der Waals surface area (Å²) in [5.74, 6) is -0.782. The summed E-state index contributed by atoms with van der Waals surface area (Å²) in [6.45, 7) is 5.49. The lowest BCUT2D eigenvalue weighted by atomic mass is 9.93. The van der Waals surface area contributed by atoms with Crippen molar-refractivity contribution in [2.45, 2.75) is 45.7 Å². The first-order valence-electron chi connectivity index (χ1n) is 11.3. The van der Waals surface area contributed by atoms with E-state index >= 15 is 0 Å². The van der Waals surface area contributed by atoms with Crippen molar-refractivity contribution in [2.24, 2.45) is 0 Å². The van der Waals surface area contributed by atoms with Crippen molar-refractivity contribution in [2.75, 3.05) is 6.54 Å². The Morgan fingerprint density at radius 2 is 1.68 bits per heavy atom. The predicted molar refractivity (Wildman–Crippen MR) is 128 cm³/mol. The van der Waals surface area contributed by atoms with Crippen LogP contribution in [0.3, 0.4) is 0 Å². The van der Waals surface area contributed by atoms with Gasteiger partial charge in [0.25, 0.3) is 5.91 Å². The fourth-order valence-corrected chi connectivity index (χ4v) is 4.24. The molecule has 1 fully saturated rings. The molecule has 0 aliphatic carbocycles. The number of carbonyl (C=O) groups excluding carboxylic acids is 3. The first-order valence-corrected chi connectivity index (χ1v) is 11.3. The molecule has 8 heteroatoms. The largest absolute Gasteiger partial charge is 0.350 e. The number of imide groups is 1. The Hall–Kier alpha value is -3.94. The zero-order valence-corrected chi connectivity index (χ0v) is 19.7. The van der Waals surface area contributed by atoms with Gasteiger partial charge in [0, 0.05) is 17.8 Å². The second kappa shape index (κ2) is 9.51. The molecule has 0 saturated carbocycles. The molecule has 0 radical (unpaired) electrons. The third kappa shape index (κ3) is 4.71. The second-order valence-corrected chi connectivity index (χ2v) is 8.81. The van der Waals surface area contributed by atoms with Gasteiger partial charge in [-0.15, -0.1) is 0 Å². The van der Waals surface area contributed by atoms with Gasteiger partial charge in [-0.1, -0.05) is 48.5 Å². The third-order valence-corrected chi connectivity index (χ3v) is 6.31. The van der Waals surface area contributed by atoms with Crippen LogP contribution in [0.1, 0.15) is 35.9 Å². The van der Waals surface area contributed by atoms with Crippen LogP contribution in [0.5, 0.6) is 0 Å². The van der Waals surface area contributed by atoms with E-state index in [4.69, 9.17) is 0 Å². The monoisotopic (exact) mass is 459 g/mol. The van der Waals surface area contributed by atoms with E-state index in [0.29, 0.717) is 12.8 Å². The molecule has 2 aromatic carbocycles. The molecule has 2 heterocycles. The maximum Gasteiger partial charge on any atom is 0.325 e. The minimum absolute atomic E-state index is 0.262. The molecule has 176 valence electrons. The van der Waals surface area contributed by atoms with Gasteiger partial charge < -0.3 is 10.6 Å². The van der Waals surface area contributed by atoms with E-state index in [1.807, 2.05) is 79.2 Å². The molecule has 1 aliphatic heterocycles. The van der Waals surface area contributed by atoms with Gasteiger partial charge in [-0.05, 0) is 51.3 Å². The summed E-state index contributed by atoms with van der Waals surface area (Å²) >= 11 is 0. The normalized spacial score (nSPS) is 17.7. The average molecular weight is 460 g/mol. The van der Waals surface area contributed by atoms with Crippen LogP contribution in [-0.4, -0.2) is 44.6 Å². The summed E-state index contributed by atoms with van der Waals surface area (Å²) in [7, 11) is 0. The number of hydrogen-bond donors (Lipinski definition) is 2. The van der Waals surface area contributed by atoms with Crippen LogP contribution in [0.15, 0.2) is 60.7 Å². The van der Waals surface area contributed by atoms with Gasteiger partial charge in [0.05, 0.1) is 11.4 Å². The van der Waals surface area contributed by atoms with Crippen molar-refractivity contribution >= 4 is 17.8 Å². The van der Waals surface area contributed by atoms with Crippen LogP contribution >= 0.6 is 0 Å². The molecular formula is C26H29N5O3. The van der Waals surface area contributed by atoms with Gasteiger partial charge >= 0.3 is 6.03 Å². The number of aromatic nitrogens is 2. The highest BCUT2D eigenvalue weighted by atomic mass is 16.2. The van der Waals surface area contributed by atoms with E-state index in [9.17, 15) is 14.4 Å². The molecule has 8 nitrogen and oxygen atoms in total. The number of carbonyl (C=O) groups is 3. The quantitative estimate of drug-likeness (QED) is 0.506. The van der Waals surface area contributed by atoms with Crippen LogP contribution in [0.4, 0.5) is 4.79 Å². The molecule has 0 bridgehead atoms. The number of nitrogens with one attached hydrogen (secondary N) is 2. The van der Waals surface area contributed by atoms with Gasteiger partial charge in [-0.2, -0.15) is 5.10 Å². The summed E-state index contributed by atoms with van der Waals surface area (Å²) in [5, 5.41) is 10.2. The Labute approximate surface area is 199 Å². The standard InChI is InChI=1S/C26H29N5O3/c1-18-22(19(2)31(29-18)21-12-8-5-9-13-21)16-27-23(32)17-30-24(33)26(3,28-25(30)34)15-14-20-10-6-4-7-11-20/h4-13H,14-17H2,1-3H3,(H,27,32)(H,28,34)/t26-/m0/s1. The van der Waals surface area contributed by atoms with Crippen LogP contribution < -0.4 is 10.6 Å². The lowest BCUT2D eigenvalue weighted by molar-refractivity contribution is -0.134. The number of nitrogens with zero attached hydrogens (tertiary/aromatic N) is 3. The van der Waals surface area contributed by atoms with E-state index in [2.05, 4.69) is 15.7 Å². The summed E-state index contributed by atoms with van der Waals surface area (Å²) in [4.78, 5) is 39.1. The molecule has 1 atom stereocenters. The first-order chi connectivity index (χ1) is 16.3. The first kappa shape index (κ1) is 23.2. The van der Waals surface area contributed by atoms with Gasteiger partial charge in [0.15, 0.2) is 0 Å². The molecule has 4 amide bonds. The second-order valence-electron chi connectivity index (χ2n) is 8.81. The Morgan fingerprint density at radius 3 is 2.35 bits per heavy atom. The third-order valence-electron chi connectivity index (χ3n) is 6.31.